The first-order valence-corrected chi connectivity index (χ1v) is 12.4. The molecule has 0 heteroatoms. The van der Waals surface area contributed by atoms with E-state index in [9.17, 15) is 0 Å². The summed E-state index contributed by atoms with van der Waals surface area (Å²) in [4.78, 5) is 0. The largest absolute Gasteiger partial charge is 0.0654 e. The van der Waals surface area contributed by atoms with Gasteiger partial charge < -0.3 is 0 Å². The maximum Gasteiger partial charge on any atom is -0.0167 e. The number of rotatable bonds is 8. The third kappa shape index (κ3) is 4.02. The first-order chi connectivity index (χ1) is 12.4. The summed E-state index contributed by atoms with van der Waals surface area (Å²) in [6, 6.07) is 0. The Balaban J connectivity index is 2.52. The summed E-state index contributed by atoms with van der Waals surface area (Å²) < 4.78 is 0. The predicted molar refractivity (Wildman–Crippen MR) is 122 cm³/mol. The molecular formula is C27H52. The van der Waals surface area contributed by atoms with E-state index in [1.165, 1.54) is 51.4 Å². The van der Waals surface area contributed by atoms with Crippen LogP contribution in [0, 0.1) is 51.8 Å². The second-order valence-electron chi connectivity index (χ2n) is 12.6. The minimum absolute atomic E-state index is 0.358. The lowest BCUT2D eigenvalue weighted by atomic mass is 9.44. The van der Waals surface area contributed by atoms with Crippen molar-refractivity contribution >= 4 is 0 Å². The van der Waals surface area contributed by atoms with Gasteiger partial charge in [-0.15, -0.1) is 0 Å². The van der Waals surface area contributed by atoms with Crippen LogP contribution < -0.4 is 0 Å². The average molecular weight is 377 g/mol. The van der Waals surface area contributed by atoms with Gasteiger partial charge in [-0.25, -0.2) is 0 Å². The molecule has 0 bridgehead atoms. The summed E-state index contributed by atoms with van der Waals surface area (Å²) in [5.74, 6) is 5.36. The second-order valence-corrected chi connectivity index (χ2v) is 12.6. The fourth-order valence-corrected chi connectivity index (χ4v) is 7.97. The predicted octanol–water partition coefficient (Wildman–Crippen LogP) is 8.99. The topological polar surface area (TPSA) is 0 Å². The van der Waals surface area contributed by atoms with Crippen LogP contribution in [0.5, 0.6) is 0 Å². The monoisotopic (exact) mass is 376 g/mol. The molecule has 0 amide bonds. The zero-order valence-corrected chi connectivity index (χ0v) is 20.6. The molecule has 2 fully saturated rings. The van der Waals surface area contributed by atoms with Gasteiger partial charge in [0.15, 0.2) is 0 Å². The summed E-state index contributed by atoms with van der Waals surface area (Å²) in [6.45, 7) is 25.5. The molecule has 2 rings (SSSR count). The molecule has 0 aromatic rings. The van der Waals surface area contributed by atoms with Gasteiger partial charge in [-0.05, 0) is 71.0 Å². The van der Waals surface area contributed by atoms with E-state index in [-0.39, 0.29) is 0 Å². The third-order valence-electron chi connectivity index (χ3n) is 9.65. The molecule has 0 saturated heterocycles. The summed E-state index contributed by atoms with van der Waals surface area (Å²) in [7, 11) is 0. The van der Waals surface area contributed by atoms with Crippen molar-refractivity contribution < 1.29 is 0 Å². The highest BCUT2D eigenvalue weighted by molar-refractivity contribution is 5.10. The number of hydrogen-bond acceptors (Lipinski definition) is 0. The van der Waals surface area contributed by atoms with E-state index in [1.54, 1.807) is 0 Å². The molecule has 0 aliphatic heterocycles. The lowest BCUT2D eigenvalue weighted by Crippen LogP contribution is -2.54. The normalized spacial score (nSPS) is 33.3. The van der Waals surface area contributed by atoms with Crippen molar-refractivity contribution in [3.63, 3.8) is 0 Å². The number of unbranched alkanes of at least 4 members (excludes halogenated alkanes) is 1. The summed E-state index contributed by atoms with van der Waals surface area (Å²) in [5, 5.41) is 0. The van der Waals surface area contributed by atoms with Crippen LogP contribution in [-0.4, -0.2) is 0 Å². The third-order valence-corrected chi connectivity index (χ3v) is 9.65. The van der Waals surface area contributed by atoms with Crippen molar-refractivity contribution in [2.75, 3.05) is 0 Å². The Labute approximate surface area is 172 Å². The van der Waals surface area contributed by atoms with Crippen molar-refractivity contribution in [3.8, 4) is 0 Å². The molecular weight excluding hydrogens is 324 g/mol. The van der Waals surface area contributed by atoms with E-state index in [0.717, 1.165) is 35.5 Å². The Kier molecular flexibility index (Phi) is 7.24. The Hall–Kier alpha value is 0. The second kappa shape index (κ2) is 8.39. The zero-order chi connectivity index (χ0) is 20.6. The fraction of sp³-hybridized carbons (Fsp3) is 1.00. The lowest BCUT2D eigenvalue weighted by Gasteiger charge is -2.61. The highest BCUT2D eigenvalue weighted by atomic mass is 14.7. The molecule has 160 valence electrons. The zero-order valence-electron chi connectivity index (χ0n) is 20.6. The van der Waals surface area contributed by atoms with Gasteiger partial charge in [-0.2, -0.15) is 0 Å². The van der Waals surface area contributed by atoms with Gasteiger partial charge in [0.2, 0.25) is 0 Å². The van der Waals surface area contributed by atoms with Crippen LogP contribution in [0.3, 0.4) is 0 Å². The molecule has 5 atom stereocenters. The minimum Gasteiger partial charge on any atom is -0.0654 e. The van der Waals surface area contributed by atoms with Crippen molar-refractivity contribution in [1.29, 1.82) is 0 Å². The standard InChI is InChI=1S/C27H52/c1-11-12-16-27(25(7,8)9,21(6)19(2)3)26(10)17-23(20(4)5)24(18-26)22-14-13-15-22/h19-24H,11-18H2,1-10H3. The van der Waals surface area contributed by atoms with E-state index in [2.05, 4.69) is 69.2 Å². The van der Waals surface area contributed by atoms with Gasteiger partial charge in [0.25, 0.3) is 0 Å². The molecule has 2 aliphatic rings. The Bertz CT molecular complexity index is 463. The van der Waals surface area contributed by atoms with Crippen LogP contribution in [0.2, 0.25) is 0 Å². The van der Waals surface area contributed by atoms with E-state index >= 15 is 0 Å². The molecule has 2 saturated carbocycles. The molecule has 0 aromatic carbocycles. The maximum absolute atomic E-state index is 2.74. The van der Waals surface area contributed by atoms with Gasteiger partial charge in [-0.3, -0.25) is 0 Å². The van der Waals surface area contributed by atoms with Crippen molar-refractivity contribution in [3.05, 3.63) is 0 Å². The van der Waals surface area contributed by atoms with Gasteiger partial charge in [0.05, 0.1) is 0 Å². The number of hydrogen-bond donors (Lipinski definition) is 0. The minimum atomic E-state index is 0.358. The first kappa shape index (κ1) is 23.3. The molecule has 2 aliphatic carbocycles. The van der Waals surface area contributed by atoms with E-state index < -0.39 is 0 Å². The molecule has 0 aromatic heterocycles. The summed E-state index contributed by atoms with van der Waals surface area (Å²) in [5.41, 5.74) is 1.28. The Morgan fingerprint density at radius 1 is 0.963 bits per heavy atom. The molecule has 0 spiro atoms. The SMILES string of the molecule is CCCCC(C(C)C(C)C)(C(C)(C)C)C1(C)CC(C(C)C)C(C2CCC2)C1. The van der Waals surface area contributed by atoms with Crippen LogP contribution in [0.15, 0.2) is 0 Å². The molecule has 27 heavy (non-hydrogen) atoms. The van der Waals surface area contributed by atoms with Crippen LogP contribution in [0.1, 0.15) is 121 Å². The van der Waals surface area contributed by atoms with Crippen LogP contribution >= 0.6 is 0 Å². The van der Waals surface area contributed by atoms with Crippen molar-refractivity contribution in [2.24, 2.45) is 51.8 Å². The highest BCUT2D eigenvalue weighted by Gasteiger charge is 2.62. The van der Waals surface area contributed by atoms with Crippen LogP contribution in [0.25, 0.3) is 0 Å². The lowest BCUT2D eigenvalue weighted by molar-refractivity contribution is -0.121. The van der Waals surface area contributed by atoms with Gasteiger partial charge in [0.1, 0.15) is 0 Å². The first-order valence-electron chi connectivity index (χ1n) is 12.4. The van der Waals surface area contributed by atoms with Crippen LogP contribution in [-0.2, 0) is 0 Å². The summed E-state index contributed by atoms with van der Waals surface area (Å²) >= 11 is 0. The van der Waals surface area contributed by atoms with E-state index in [0.29, 0.717) is 16.2 Å². The highest BCUT2D eigenvalue weighted by Crippen LogP contribution is 2.69. The van der Waals surface area contributed by atoms with Gasteiger partial charge in [0, 0.05) is 0 Å². The smallest absolute Gasteiger partial charge is 0.0167 e. The molecule has 0 radical (unpaired) electrons. The van der Waals surface area contributed by atoms with E-state index in [4.69, 9.17) is 0 Å². The summed E-state index contributed by atoms with van der Waals surface area (Å²) in [6.07, 6.45) is 11.6. The molecule has 0 N–H and O–H groups in total. The maximum atomic E-state index is 2.74. The Morgan fingerprint density at radius 2 is 1.56 bits per heavy atom. The fourth-order valence-electron chi connectivity index (χ4n) is 7.97. The Morgan fingerprint density at radius 3 is 1.93 bits per heavy atom. The quantitative estimate of drug-likeness (QED) is 0.396. The van der Waals surface area contributed by atoms with Gasteiger partial charge in [-0.1, -0.05) is 101 Å². The molecule has 5 unspecified atom stereocenters. The average Bonchev–Trinajstić information content (AvgIpc) is 2.83. The van der Waals surface area contributed by atoms with Gasteiger partial charge >= 0.3 is 0 Å². The molecule has 0 heterocycles. The van der Waals surface area contributed by atoms with E-state index in [1.807, 2.05) is 0 Å². The molecule has 0 nitrogen and oxygen atoms in total. The van der Waals surface area contributed by atoms with Crippen molar-refractivity contribution in [1.82, 2.24) is 0 Å². The van der Waals surface area contributed by atoms with Crippen molar-refractivity contribution in [2.45, 2.75) is 121 Å². The van der Waals surface area contributed by atoms with Crippen LogP contribution in [0.4, 0.5) is 0 Å².